The molecular weight excluding hydrogens is 582 g/mol. The summed E-state index contributed by atoms with van der Waals surface area (Å²) in [6, 6.07) is -0.833. The van der Waals surface area contributed by atoms with Gasteiger partial charge in [-0.05, 0) is 77.6 Å². The first-order valence-electron chi connectivity index (χ1n) is 19.9. The second-order valence-electron chi connectivity index (χ2n) is 13.5. The van der Waals surface area contributed by atoms with Crippen LogP contribution in [0.3, 0.4) is 0 Å². The molecule has 0 saturated carbocycles. The highest BCUT2D eigenvalue weighted by Crippen LogP contribution is 2.14. The number of unbranched alkanes of at least 4 members (excludes halogenated alkanes) is 20. The molecule has 274 valence electrons. The Balaban J connectivity index is 3.61. The standard InChI is InChI=1S/C42H77NO4/c1-3-5-7-9-11-13-14-15-16-17-18-19-20-21-22-23-24-25-26-27-28-29-31-33-35-37-41(46)43-39(38-44)42(47)40(45)36-34-32-30-12-10-8-6-4-2/h4,6,12,18-19,21-22,30,39-40,42,44-45,47H,3,5,7-11,13-17,20,23-29,31-38H2,1-2H3,(H,43,46)/b6-4+,19-18-,22-21-,30-12+. The van der Waals surface area contributed by atoms with Crippen LogP contribution in [-0.4, -0.2) is 46.1 Å². The van der Waals surface area contributed by atoms with Gasteiger partial charge in [-0.25, -0.2) is 0 Å². The summed E-state index contributed by atoms with van der Waals surface area (Å²) in [6.45, 7) is 3.91. The van der Waals surface area contributed by atoms with E-state index in [1.54, 1.807) is 0 Å². The zero-order chi connectivity index (χ0) is 34.5. The van der Waals surface area contributed by atoms with Crippen molar-refractivity contribution in [2.75, 3.05) is 6.61 Å². The van der Waals surface area contributed by atoms with E-state index in [9.17, 15) is 20.1 Å². The van der Waals surface area contributed by atoms with E-state index in [1.807, 2.05) is 13.0 Å². The van der Waals surface area contributed by atoms with Gasteiger partial charge in [0.1, 0.15) is 6.10 Å². The van der Waals surface area contributed by atoms with Gasteiger partial charge in [-0.3, -0.25) is 4.79 Å². The first-order valence-corrected chi connectivity index (χ1v) is 19.9. The third-order valence-corrected chi connectivity index (χ3v) is 8.98. The third-order valence-electron chi connectivity index (χ3n) is 8.98. The van der Waals surface area contributed by atoms with E-state index in [4.69, 9.17) is 0 Å². The van der Waals surface area contributed by atoms with E-state index in [2.05, 4.69) is 54.8 Å². The number of carbonyl (C=O) groups excluding carboxylic acids is 1. The SMILES string of the molecule is C/C=C/CC/C=C/CCCC(O)C(O)C(CO)NC(=O)CCCCCCCCCCC/C=C\C/C=C\CCCCCCCCCCC. The molecule has 0 radical (unpaired) electrons. The predicted molar refractivity (Wildman–Crippen MR) is 204 cm³/mol. The molecule has 0 aromatic carbocycles. The van der Waals surface area contributed by atoms with E-state index in [-0.39, 0.29) is 12.5 Å². The lowest BCUT2D eigenvalue weighted by atomic mass is 10.0. The minimum absolute atomic E-state index is 0.168. The van der Waals surface area contributed by atoms with Crippen molar-refractivity contribution in [3.05, 3.63) is 48.6 Å². The Morgan fingerprint density at radius 3 is 1.55 bits per heavy atom. The van der Waals surface area contributed by atoms with Gasteiger partial charge in [-0.15, -0.1) is 0 Å². The molecule has 0 bridgehead atoms. The van der Waals surface area contributed by atoms with Crippen LogP contribution in [0, 0.1) is 0 Å². The number of carbonyl (C=O) groups is 1. The fraction of sp³-hybridized carbons (Fsp3) is 0.786. The lowest BCUT2D eigenvalue weighted by Gasteiger charge is -2.26. The van der Waals surface area contributed by atoms with Crippen LogP contribution in [0.1, 0.15) is 187 Å². The van der Waals surface area contributed by atoms with Gasteiger partial charge in [0.2, 0.25) is 5.91 Å². The topological polar surface area (TPSA) is 89.8 Å². The Kier molecular flexibility index (Phi) is 35.8. The summed E-state index contributed by atoms with van der Waals surface area (Å²) >= 11 is 0. The minimum atomic E-state index is -1.17. The molecule has 4 N–H and O–H groups in total. The van der Waals surface area contributed by atoms with E-state index < -0.39 is 18.2 Å². The minimum Gasteiger partial charge on any atom is -0.394 e. The highest BCUT2D eigenvalue weighted by Gasteiger charge is 2.26. The van der Waals surface area contributed by atoms with Crippen LogP contribution >= 0.6 is 0 Å². The van der Waals surface area contributed by atoms with Crippen molar-refractivity contribution in [2.45, 2.75) is 205 Å². The van der Waals surface area contributed by atoms with Gasteiger partial charge >= 0.3 is 0 Å². The second kappa shape index (κ2) is 37.1. The Morgan fingerprint density at radius 1 is 0.574 bits per heavy atom. The fourth-order valence-electron chi connectivity index (χ4n) is 5.86. The number of rotatable bonds is 35. The van der Waals surface area contributed by atoms with Crippen molar-refractivity contribution in [3.8, 4) is 0 Å². The maximum atomic E-state index is 12.3. The van der Waals surface area contributed by atoms with Crippen molar-refractivity contribution < 1.29 is 20.1 Å². The van der Waals surface area contributed by atoms with Crippen LogP contribution in [0.15, 0.2) is 48.6 Å². The third kappa shape index (κ3) is 32.6. The summed E-state index contributed by atoms with van der Waals surface area (Å²) in [6.07, 6.45) is 46.8. The van der Waals surface area contributed by atoms with Crippen LogP contribution in [-0.2, 0) is 4.79 Å². The molecule has 3 atom stereocenters. The molecule has 0 heterocycles. The largest absolute Gasteiger partial charge is 0.394 e. The molecule has 0 rings (SSSR count). The number of aliphatic hydroxyl groups excluding tert-OH is 3. The van der Waals surface area contributed by atoms with Crippen molar-refractivity contribution >= 4 is 5.91 Å². The van der Waals surface area contributed by atoms with E-state index >= 15 is 0 Å². The smallest absolute Gasteiger partial charge is 0.220 e. The molecular formula is C42H77NO4. The molecule has 5 nitrogen and oxygen atoms in total. The first-order chi connectivity index (χ1) is 23.1. The van der Waals surface area contributed by atoms with Crippen LogP contribution in [0.4, 0.5) is 0 Å². The summed E-state index contributed by atoms with van der Waals surface area (Å²) in [4.78, 5) is 12.3. The van der Waals surface area contributed by atoms with Gasteiger partial charge in [0.25, 0.3) is 0 Å². The molecule has 0 aliphatic carbocycles. The van der Waals surface area contributed by atoms with E-state index in [0.29, 0.717) is 12.8 Å². The fourth-order valence-corrected chi connectivity index (χ4v) is 5.86. The summed E-state index contributed by atoms with van der Waals surface area (Å²) in [5, 5.41) is 33.1. The zero-order valence-electron chi connectivity index (χ0n) is 30.9. The van der Waals surface area contributed by atoms with Gasteiger partial charge in [0.05, 0.1) is 18.8 Å². The molecule has 0 saturated heterocycles. The zero-order valence-corrected chi connectivity index (χ0v) is 30.9. The highest BCUT2D eigenvalue weighted by molar-refractivity contribution is 5.76. The Hall–Kier alpha value is -1.69. The molecule has 0 aromatic heterocycles. The quantitative estimate of drug-likeness (QED) is 0.0402. The average molecular weight is 660 g/mol. The van der Waals surface area contributed by atoms with Gasteiger partial charge in [0.15, 0.2) is 0 Å². The Morgan fingerprint density at radius 2 is 1.02 bits per heavy atom. The van der Waals surface area contributed by atoms with Gasteiger partial charge in [-0.2, -0.15) is 0 Å². The van der Waals surface area contributed by atoms with Crippen molar-refractivity contribution in [1.29, 1.82) is 0 Å². The molecule has 47 heavy (non-hydrogen) atoms. The molecule has 0 aromatic rings. The Labute approximate surface area is 291 Å². The molecule has 5 heteroatoms. The van der Waals surface area contributed by atoms with E-state index in [1.165, 1.54) is 109 Å². The summed E-state index contributed by atoms with van der Waals surface area (Å²) < 4.78 is 0. The van der Waals surface area contributed by atoms with Crippen molar-refractivity contribution in [1.82, 2.24) is 5.32 Å². The molecule has 0 aliphatic rings. The lowest BCUT2D eigenvalue weighted by molar-refractivity contribution is -0.124. The Bertz CT molecular complexity index is 775. The van der Waals surface area contributed by atoms with Crippen LogP contribution in [0.5, 0.6) is 0 Å². The average Bonchev–Trinajstić information content (AvgIpc) is 3.07. The lowest BCUT2D eigenvalue weighted by Crippen LogP contribution is -2.50. The van der Waals surface area contributed by atoms with Crippen LogP contribution in [0.25, 0.3) is 0 Å². The van der Waals surface area contributed by atoms with Crippen molar-refractivity contribution in [2.24, 2.45) is 0 Å². The molecule has 0 aliphatic heterocycles. The number of hydrogen-bond acceptors (Lipinski definition) is 4. The number of nitrogens with one attached hydrogen (secondary N) is 1. The van der Waals surface area contributed by atoms with Gasteiger partial charge in [0, 0.05) is 6.42 Å². The van der Waals surface area contributed by atoms with Gasteiger partial charge in [-0.1, -0.05) is 152 Å². The highest BCUT2D eigenvalue weighted by atomic mass is 16.3. The second-order valence-corrected chi connectivity index (χ2v) is 13.5. The number of hydrogen-bond donors (Lipinski definition) is 4. The summed E-state index contributed by atoms with van der Waals surface area (Å²) in [5.41, 5.74) is 0. The molecule has 1 amide bonds. The maximum Gasteiger partial charge on any atom is 0.220 e. The molecule has 0 spiro atoms. The normalized spacial score (nSPS) is 14.2. The molecule has 0 fully saturated rings. The van der Waals surface area contributed by atoms with Crippen molar-refractivity contribution in [3.63, 3.8) is 0 Å². The monoisotopic (exact) mass is 660 g/mol. The summed E-state index contributed by atoms with van der Waals surface area (Å²) in [5.74, 6) is -0.168. The van der Waals surface area contributed by atoms with Crippen LogP contribution in [0.2, 0.25) is 0 Å². The van der Waals surface area contributed by atoms with Crippen LogP contribution < -0.4 is 5.32 Å². The van der Waals surface area contributed by atoms with Gasteiger partial charge < -0.3 is 20.6 Å². The maximum absolute atomic E-state index is 12.3. The summed E-state index contributed by atoms with van der Waals surface area (Å²) in [7, 11) is 0. The number of allylic oxidation sites excluding steroid dienone is 8. The van der Waals surface area contributed by atoms with E-state index in [0.717, 1.165) is 51.4 Å². The first kappa shape index (κ1) is 45.3. The number of amides is 1. The predicted octanol–water partition coefficient (Wildman–Crippen LogP) is 11.0. The number of aliphatic hydroxyl groups is 3. The molecule has 3 unspecified atom stereocenters.